The van der Waals surface area contributed by atoms with Crippen LogP contribution in [-0.2, 0) is 17.1 Å². The molecule has 0 aromatic carbocycles. The van der Waals surface area contributed by atoms with Gasteiger partial charge >= 0.3 is 17.1 Å². The molecule has 2 aromatic rings. The van der Waals surface area contributed by atoms with E-state index in [1.807, 2.05) is 0 Å². The van der Waals surface area contributed by atoms with E-state index in [1.54, 1.807) is 18.4 Å². The molecule has 0 aliphatic heterocycles. The average Bonchev–Trinajstić information content (AvgIpc) is 2.67. The Morgan fingerprint density at radius 1 is 1.45 bits per heavy atom. The van der Waals surface area contributed by atoms with E-state index in [-0.39, 0.29) is 17.1 Å². The van der Waals surface area contributed by atoms with E-state index in [4.69, 9.17) is 0 Å². The Morgan fingerprint density at radius 3 is 2.55 bits per heavy atom. The quantitative estimate of drug-likeness (QED) is 0.492. The van der Waals surface area contributed by atoms with Crippen molar-refractivity contribution in [3.8, 4) is 0 Å². The first-order chi connectivity index (χ1) is 5.00. The van der Waals surface area contributed by atoms with Gasteiger partial charge in [0.2, 0.25) is 0 Å². The molecule has 2 heterocycles. The number of hydrogen-bond acceptors (Lipinski definition) is 3. The fourth-order valence-corrected chi connectivity index (χ4v) is 0.341. The third-order valence-corrected chi connectivity index (χ3v) is 0.673. The number of H-pyrrole nitrogens is 1. The molecule has 58 valence electrons. The molecule has 0 fully saturated rings. The Kier molecular flexibility index (Phi) is 6.37. The van der Waals surface area contributed by atoms with Crippen LogP contribution in [0.4, 0.5) is 0 Å². The normalized spacial score (nSPS) is 7.27. The summed E-state index contributed by atoms with van der Waals surface area (Å²) in [4.78, 5) is 3.43. The zero-order chi connectivity index (χ0) is 7.07. The SMILES string of the molecule is [Fe+2].[c-]1ccco1.[c-]1nc[nH]n1. The zero-order valence-corrected chi connectivity index (χ0v) is 6.57. The Hall–Kier alpha value is -1.06. The van der Waals surface area contributed by atoms with Crippen LogP contribution >= 0.6 is 0 Å². The third kappa shape index (κ3) is 5.39. The smallest absolute Gasteiger partial charge is 0.599 e. The Balaban J connectivity index is 0.000000167. The van der Waals surface area contributed by atoms with E-state index in [0.29, 0.717) is 0 Å². The van der Waals surface area contributed by atoms with E-state index in [0.717, 1.165) is 0 Å². The van der Waals surface area contributed by atoms with Crippen molar-refractivity contribution in [3.05, 3.63) is 37.3 Å². The predicted octanol–water partition coefficient (Wildman–Crippen LogP) is 0.682. The van der Waals surface area contributed by atoms with Crippen molar-refractivity contribution in [3.63, 3.8) is 0 Å². The molecule has 0 bridgehead atoms. The van der Waals surface area contributed by atoms with E-state index < -0.39 is 0 Å². The van der Waals surface area contributed by atoms with Gasteiger partial charge in [-0.05, 0) is 18.9 Å². The van der Waals surface area contributed by atoms with Crippen molar-refractivity contribution in [2.24, 2.45) is 0 Å². The Bertz CT molecular complexity index is 157. The van der Waals surface area contributed by atoms with Crippen molar-refractivity contribution >= 4 is 0 Å². The van der Waals surface area contributed by atoms with Crippen LogP contribution in [0.5, 0.6) is 0 Å². The third-order valence-electron chi connectivity index (χ3n) is 0.673. The summed E-state index contributed by atoms with van der Waals surface area (Å²) in [5.74, 6) is 0. The maximum atomic E-state index is 4.46. The minimum absolute atomic E-state index is 0. The fraction of sp³-hybridized carbons (Fsp3) is 0. The number of aromatic nitrogens is 3. The van der Waals surface area contributed by atoms with E-state index in [1.165, 1.54) is 6.33 Å². The van der Waals surface area contributed by atoms with Crippen LogP contribution in [-0.4, -0.2) is 15.2 Å². The maximum Gasteiger partial charge on any atom is 2.00 e. The molecule has 0 unspecified atom stereocenters. The van der Waals surface area contributed by atoms with Crippen molar-refractivity contribution in [1.82, 2.24) is 15.2 Å². The molecule has 0 aliphatic carbocycles. The van der Waals surface area contributed by atoms with E-state index in [2.05, 4.69) is 32.2 Å². The van der Waals surface area contributed by atoms with Gasteiger partial charge in [-0.15, -0.1) is 6.07 Å². The van der Waals surface area contributed by atoms with E-state index >= 15 is 0 Å². The van der Waals surface area contributed by atoms with Gasteiger partial charge in [-0.2, -0.15) is 6.07 Å². The molecule has 0 saturated heterocycles. The fourth-order valence-electron chi connectivity index (χ4n) is 0.341. The van der Waals surface area contributed by atoms with Crippen molar-refractivity contribution in [2.75, 3.05) is 0 Å². The van der Waals surface area contributed by atoms with Gasteiger partial charge in [0.15, 0.2) is 0 Å². The molecule has 2 aromatic heterocycles. The summed E-state index contributed by atoms with van der Waals surface area (Å²) >= 11 is 0. The maximum absolute atomic E-state index is 4.46. The van der Waals surface area contributed by atoms with Crippen LogP contribution in [0, 0.1) is 12.6 Å². The molecular weight excluding hydrogens is 186 g/mol. The molecule has 0 aliphatic rings. The molecule has 2 rings (SSSR count). The number of rotatable bonds is 0. The van der Waals surface area contributed by atoms with Gasteiger partial charge < -0.3 is 14.5 Å². The molecule has 5 heteroatoms. The second-order valence-electron chi connectivity index (χ2n) is 1.33. The summed E-state index contributed by atoms with van der Waals surface area (Å²) in [5.41, 5.74) is 0. The first-order valence-corrected chi connectivity index (χ1v) is 2.61. The van der Waals surface area contributed by atoms with Crippen LogP contribution in [0.1, 0.15) is 0 Å². The molecule has 0 amide bonds. The molecule has 0 radical (unpaired) electrons. The van der Waals surface area contributed by atoms with Gasteiger partial charge in [-0.25, -0.2) is 0 Å². The van der Waals surface area contributed by atoms with Crippen LogP contribution < -0.4 is 0 Å². The standard InChI is InChI=1S/C4H3O.C2H2N3.Fe/c1-2-4-5-3-1;1-3-2-5-4-1;/h1-3H;1H,(H,3,4,5);/q2*-1;+2. The predicted molar refractivity (Wildman–Crippen MR) is 32.8 cm³/mol. The van der Waals surface area contributed by atoms with Crippen LogP contribution in [0.15, 0.2) is 29.1 Å². The van der Waals surface area contributed by atoms with Crippen molar-refractivity contribution in [1.29, 1.82) is 0 Å². The molecule has 1 N–H and O–H groups in total. The molecule has 11 heavy (non-hydrogen) atoms. The summed E-state index contributed by atoms with van der Waals surface area (Å²) in [6.07, 6.45) is 7.82. The molecule has 0 atom stereocenters. The van der Waals surface area contributed by atoms with Crippen molar-refractivity contribution < 1.29 is 21.5 Å². The molecule has 0 saturated carbocycles. The summed E-state index contributed by atoms with van der Waals surface area (Å²) in [5, 5.41) is 5.81. The number of nitrogens with one attached hydrogen (secondary N) is 1. The number of aromatic amines is 1. The van der Waals surface area contributed by atoms with Gasteiger partial charge in [0, 0.05) is 0 Å². The van der Waals surface area contributed by atoms with Gasteiger partial charge in [0.1, 0.15) is 0 Å². The van der Waals surface area contributed by atoms with Gasteiger partial charge in [0.25, 0.3) is 0 Å². The van der Waals surface area contributed by atoms with E-state index in [9.17, 15) is 0 Å². The molecule has 0 spiro atoms. The number of furan rings is 1. The monoisotopic (exact) mass is 191 g/mol. The summed E-state index contributed by atoms with van der Waals surface area (Å²) in [7, 11) is 0. The first kappa shape index (κ1) is 9.94. The number of nitrogens with zero attached hydrogens (tertiary/aromatic N) is 2. The average molecular weight is 191 g/mol. The summed E-state index contributed by atoms with van der Waals surface area (Å²) in [6.45, 7) is 0. The topological polar surface area (TPSA) is 54.7 Å². The second-order valence-corrected chi connectivity index (χ2v) is 1.33. The minimum atomic E-state index is 0. The summed E-state index contributed by atoms with van der Waals surface area (Å²) in [6, 6.07) is 3.49. The Morgan fingerprint density at radius 2 is 2.36 bits per heavy atom. The van der Waals surface area contributed by atoms with Gasteiger partial charge in [0.05, 0.1) is 0 Å². The van der Waals surface area contributed by atoms with Gasteiger partial charge in [-0.1, -0.05) is 6.26 Å². The van der Waals surface area contributed by atoms with Crippen LogP contribution in [0.3, 0.4) is 0 Å². The molecular formula is C6H5FeN3O. The van der Waals surface area contributed by atoms with Crippen LogP contribution in [0.2, 0.25) is 0 Å². The van der Waals surface area contributed by atoms with Gasteiger partial charge in [-0.3, -0.25) is 5.10 Å². The summed E-state index contributed by atoms with van der Waals surface area (Å²) < 4.78 is 4.46. The van der Waals surface area contributed by atoms with Crippen molar-refractivity contribution in [2.45, 2.75) is 0 Å². The molecule has 4 nitrogen and oxygen atoms in total. The second kappa shape index (κ2) is 7.05. The zero-order valence-electron chi connectivity index (χ0n) is 5.47. The Labute approximate surface area is 74.5 Å². The first-order valence-electron chi connectivity index (χ1n) is 2.61. The number of hydrogen-bond donors (Lipinski definition) is 1. The largest absolute Gasteiger partial charge is 2.00 e. The minimum Gasteiger partial charge on any atom is -0.599 e. The van der Waals surface area contributed by atoms with Crippen LogP contribution in [0.25, 0.3) is 0 Å².